The van der Waals surface area contributed by atoms with Gasteiger partial charge in [-0.2, -0.15) is 13.2 Å². The number of fused-ring (bicyclic) bond motifs is 1. The number of anilines is 1. The maximum Gasteiger partial charge on any atom is 0.490 e. The number of aliphatic carboxylic acids is 1. The third kappa shape index (κ3) is 7.06. The lowest BCUT2D eigenvalue weighted by Crippen LogP contribution is -2.23. The molecule has 1 aliphatic rings. The van der Waals surface area contributed by atoms with Gasteiger partial charge in [0.05, 0.1) is 7.11 Å². The quantitative estimate of drug-likeness (QED) is 0.234. The van der Waals surface area contributed by atoms with Crippen molar-refractivity contribution in [1.82, 2.24) is 9.38 Å². The summed E-state index contributed by atoms with van der Waals surface area (Å²) >= 11 is 0. The third-order valence-electron chi connectivity index (χ3n) is 7.05. The Hall–Kier alpha value is -4.34. The Morgan fingerprint density at radius 1 is 1.00 bits per heavy atom. The predicted molar refractivity (Wildman–Crippen MR) is 152 cm³/mol. The SMILES string of the molecule is COc1cc(-c2nc3cc(C)ccn3c2NC2CCCCC2)ccc1-c1ccc(C(C)=O)cc1.O=C(O)C(F)(F)F. The molecule has 1 saturated carbocycles. The minimum Gasteiger partial charge on any atom is -0.496 e. The zero-order valence-corrected chi connectivity index (χ0v) is 23.1. The zero-order chi connectivity index (χ0) is 29.7. The minimum atomic E-state index is -5.08. The Bertz CT molecular complexity index is 1540. The lowest BCUT2D eigenvalue weighted by Gasteiger charge is -2.24. The maximum atomic E-state index is 11.6. The van der Waals surface area contributed by atoms with Gasteiger partial charge in [-0.1, -0.05) is 49.6 Å². The lowest BCUT2D eigenvalue weighted by molar-refractivity contribution is -0.192. The molecule has 1 fully saturated rings. The van der Waals surface area contributed by atoms with E-state index in [4.69, 9.17) is 19.6 Å². The summed E-state index contributed by atoms with van der Waals surface area (Å²) in [5.74, 6) is -0.867. The molecule has 2 aromatic heterocycles. The number of carbonyl (C=O) groups excluding carboxylic acids is 1. The number of pyridine rings is 1. The van der Waals surface area contributed by atoms with Gasteiger partial charge in [0, 0.05) is 28.9 Å². The number of aromatic nitrogens is 2. The van der Waals surface area contributed by atoms with Crippen LogP contribution in [0.3, 0.4) is 0 Å². The molecule has 2 heterocycles. The molecule has 0 radical (unpaired) electrons. The first-order valence-electron chi connectivity index (χ1n) is 13.3. The lowest BCUT2D eigenvalue weighted by atomic mass is 9.95. The van der Waals surface area contributed by atoms with Crippen LogP contribution in [0.2, 0.25) is 0 Å². The molecule has 0 spiro atoms. The fraction of sp³-hybridized carbons (Fsp3) is 0.323. The van der Waals surface area contributed by atoms with Crippen LogP contribution in [-0.4, -0.2) is 45.6 Å². The van der Waals surface area contributed by atoms with E-state index in [1.54, 1.807) is 14.0 Å². The van der Waals surface area contributed by atoms with Crippen LogP contribution in [0.1, 0.15) is 54.9 Å². The van der Waals surface area contributed by atoms with Crippen molar-refractivity contribution in [3.05, 3.63) is 71.9 Å². The van der Waals surface area contributed by atoms with Crippen molar-refractivity contribution in [2.75, 3.05) is 12.4 Å². The number of ketones is 1. The standard InChI is InChI=1S/C29H31N3O2.C2HF3O2/c1-19-15-16-32-27(17-19)31-28(29(32)30-24-7-5-4-6-8-24)23-13-14-25(26(18-23)34-3)22-11-9-21(10-12-22)20(2)33;3-2(4,5)1(6)7/h9-18,24,30H,4-8H2,1-3H3;(H,6,7). The number of nitrogens with one attached hydrogen (secondary N) is 1. The molecule has 0 atom stereocenters. The number of rotatable bonds is 6. The molecule has 5 rings (SSSR count). The molecule has 4 aromatic rings. The predicted octanol–water partition coefficient (Wildman–Crippen LogP) is 7.57. The van der Waals surface area contributed by atoms with Crippen molar-refractivity contribution in [2.24, 2.45) is 0 Å². The number of halogens is 3. The Balaban J connectivity index is 0.000000493. The fourth-order valence-corrected chi connectivity index (χ4v) is 4.89. The van der Waals surface area contributed by atoms with Crippen molar-refractivity contribution in [3.63, 3.8) is 0 Å². The number of nitrogens with zero attached hydrogens (tertiary/aromatic N) is 2. The normalized spacial score (nSPS) is 13.8. The number of ether oxygens (including phenoxy) is 1. The number of hydrogen-bond acceptors (Lipinski definition) is 5. The van der Waals surface area contributed by atoms with Gasteiger partial charge >= 0.3 is 12.1 Å². The summed E-state index contributed by atoms with van der Waals surface area (Å²) in [7, 11) is 1.70. The Morgan fingerprint density at radius 3 is 2.22 bits per heavy atom. The molecule has 2 N–H and O–H groups in total. The summed E-state index contributed by atoms with van der Waals surface area (Å²) in [6, 6.07) is 18.6. The van der Waals surface area contributed by atoms with Gasteiger partial charge in [-0.15, -0.1) is 0 Å². The van der Waals surface area contributed by atoms with Gasteiger partial charge in [0.2, 0.25) is 0 Å². The number of aryl methyl sites for hydroxylation is 1. The van der Waals surface area contributed by atoms with Crippen LogP contribution in [0.15, 0.2) is 60.8 Å². The monoisotopic (exact) mass is 567 g/mol. The summed E-state index contributed by atoms with van der Waals surface area (Å²) < 4.78 is 39.7. The Labute approximate surface area is 236 Å². The molecule has 0 amide bonds. The number of hydrogen-bond donors (Lipinski definition) is 2. The second-order valence-corrected chi connectivity index (χ2v) is 10.1. The van der Waals surface area contributed by atoms with Gasteiger partial charge in [0.1, 0.15) is 22.9 Å². The molecule has 0 unspecified atom stereocenters. The van der Waals surface area contributed by atoms with Crippen LogP contribution < -0.4 is 10.1 Å². The van der Waals surface area contributed by atoms with E-state index >= 15 is 0 Å². The van der Waals surface area contributed by atoms with Crippen molar-refractivity contribution < 1.29 is 32.6 Å². The van der Waals surface area contributed by atoms with E-state index in [0.29, 0.717) is 11.6 Å². The fourth-order valence-electron chi connectivity index (χ4n) is 4.89. The summed E-state index contributed by atoms with van der Waals surface area (Å²) in [5, 5.41) is 10.9. The van der Waals surface area contributed by atoms with Gasteiger partial charge in [-0.3, -0.25) is 9.20 Å². The number of alkyl halides is 3. The van der Waals surface area contributed by atoms with Crippen LogP contribution in [0.25, 0.3) is 28.0 Å². The molecule has 2 aromatic carbocycles. The van der Waals surface area contributed by atoms with Crippen LogP contribution in [-0.2, 0) is 4.79 Å². The molecule has 41 heavy (non-hydrogen) atoms. The van der Waals surface area contributed by atoms with Crippen molar-refractivity contribution in [1.29, 1.82) is 0 Å². The Kier molecular flexibility index (Phi) is 9.00. The molecular weight excluding hydrogens is 535 g/mol. The minimum absolute atomic E-state index is 0.0638. The average molecular weight is 568 g/mol. The number of benzene rings is 2. The van der Waals surface area contributed by atoms with Gasteiger partial charge < -0.3 is 15.2 Å². The molecule has 0 saturated heterocycles. The highest BCUT2D eigenvalue weighted by atomic mass is 19.4. The third-order valence-corrected chi connectivity index (χ3v) is 7.05. The molecular formula is C31H32F3N3O4. The average Bonchev–Trinajstić information content (AvgIpc) is 3.30. The molecule has 7 nitrogen and oxygen atoms in total. The molecule has 1 aliphatic carbocycles. The summed E-state index contributed by atoms with van der Waals surface area (Å²) in [6.07, 6.45) is 3.27. The van der Waals surface area contributed by atoms with E-state index in [1.807, 2.05) is 24.3 Å². The largest absolute Gasteiger partial charge is 0.496 e. The van der Waals surface area contributed by atoms with Crippen molar-refractivity contribution in [2.45, 2.75) is 58.2 Å². The molecule has 216 valence electrons. The summed E-state index contributed by atoms with van der Waals surface area (Å²) in [6.45, 7) is 3.68. The van der Waals surface area contributed by atoms with Crippen LogP contribution in [0.4, 0.5) is 19.0 Å². The smallest absolute Gasteiger partial charge is 0.490 e. The van der Waals surface area contributed by atoms with E-state index in [2.05, 4.69) is 53.2 Å². The highest BCUT2D eigenvalue weighted by Gasteiger charge is 2.38. The zero-order valence-electron chi connectivity index (χ0n) is 23.1. The van der Waals surface area contributed by atoms with E-state index in [9.17, 15) is 18.0 Å². The van der Waals surface area contributed by atoms with Crippen LogP contribution >= 0.6 is 0 Å². The number of Topliss-reactive ketones (excluding diaryl/α,β-unsaturated/α-hetero) is 1. The first-order chi connectivity index (χ1) is 19.5. The second kappa shape index (κ2) is 12.4. The summed E-state index contributed by atoms with van der Waals surface area (Å²) in [5.41, 5.74) is 6.79. The first kappa shape index (κ1) is 29.6. The van der Waals surface area contributed by atoms with Crippen LogP contribution in [0, 0.1) is 6.92 Å². The maximum absolute atomic E-state index is 11.6. The van der Waals surface area contributed by atoms with Gasteiger partial charge in [0.25, 0.3) is 0 Å². The second-order valence-electron chi connectivity index (χ2n) is 10.1. The van der Waals surface area contributed by atoms with Crippen molar-refractivity contribution in [3.8, 4) is 28.1 Å². The van der Waals surface area contributed by atoms with Gasteiger partial charge in [-0.05, 0) is 62.1 Å². The first-order valence-corrected chi connectivity index (χ1v) is 13.3. The van der Waals surface area contributed by atoms with Gasteiger partial charge in [-0.25, -0.2) is 9.78 Å². The number of carboxylic acids is 1. The Morgan fingerprint density at radius 2 is 1.63 bits per heavy atom. The topological polar surface area (TPSA) is 92.9 Å². The highest BCUT2D eigenvalue weighted by Crippen LogP contribution is 2.37. The number of carboxylic acid groups (broad SMARTS) is 1. The molecule has 0 aliphatic heterocycles. The summed E-state index contributed by atoms with van der Waals surface area (Å²) in [4.78, 5) is 25.6. The van der Waals surface area contributed by atoms with E-state index in [0.717, 1.165) is 39.6 Å². The van der Waals surface area contributed by atoms with E-state index in [-0.39, 0.29) is 5.78 Å². The van der Waals surface area contributed by atoms with Gasteiger partial charge in [0.15, 0.2) is 5.78 Å². The molecule has 0 bridgehead atoms. The van der Waals surface area contributed by atoms with E-state index in [1.165, 1.54) is 37.7 Å². The highest BCUT2D eigenvalue weighted by molar-refractivity contribution is 5.94. The number of methoxy groups -OCH3 is 1. The molecule has 10 heteroatoms. The van der Waals surface area contributed by atoms with Crippen molar-refractivity contribution >= 4 is 23.2 Å². The van der Waals surface area contributed by atoms with Crippen LogP contribution in [0.5, 0.6) is 5.75 Å². The number of carbonyl (C=O) groups is 2. The van der Waals surface area contributed by atoms with E-state index < -0.39 is 12.1 Å². The number of imidazole rings is 1.